The van der Waals surface area contributed by atoms with Crippen molar-refractivity contribution in [3.63, 3.8) is 0 Å². The Labute approximate surface area is 106 Å². The van der Waals surface area contributed by atoms with Crippen LogP contribution in [-0.4, -0.2) is 0 Å². The molecular weight excluding hydrogens is 232 g/mol. The standard InChI is InChI=1S/C14H13ClN2/c15-13-7-12(16)5-6-14(13)17-8-10-3-1-2-4-11(10)9-17/h1-7H,8-9,16H2. The van der Waals surface area contributed by atoms with Gasteiger partial charge in [-0.3, -0.25) is 0 Å². The van der Waals surface area contributed by atoms with E-state index in [0.29, 0.717) is 5.69 Å². The van der Waals surface area contributed by atoms with Crippen molar-refractivity contribution < 1.29 is 0 Å². The van der Waals surface area contributed by atoms with Crippen LogP contribution in [0, 0.1) is 0 Å². The number of nitrogens with two attached hydrogens (primary N) is 1. The van der Waals surface area contributed by atoms with Gasteiger partial charge in [0, 0.05) is 18.8 Å². The number of rotatable bonds is 1. The van der Waals surface area contributed by atoms with Crippen molar-refractivity contribution in [2.24, 2.45) is 0 Å². The van der Waals surface area contributed by atoms with Crippen molar-refractivity contribution in [2.75, 3.05) is 10.6 Å². The largest absolute Gasteiger partial charge is 0.399 e. The zero-order valence-electron chi connectivity index (χ0n) is 9.36. The highest BCUT2D eigenvalue weighted by atomic mass is 35.5. The van der Waals surface area contributed by atoms with Gasteiger partial charge in [0.05, 0.1) is 10.7 Å². The van der Waals surface area contributed by atoms with Gasteiger partial charge in [0.25, 0.3) is 0 Å². The van der Waals surface area contributed by atoms with Gasteiger partial charge in [-0.05, 0) is 29.3 Å². The van der Waals surface area contributed by atoms with E-state index in [4.69, 9.17) is 17.3 Å². The Hall–Kier alpha value is -1.67. The molecular formula is C14H13ClN2. The van der Waals surface area contributed by atoms with Crippen LogP contribution in [0.1, 0.15) is 11.1 Å². The maximum absolute atomic E-state index is 6.23. The van der Waals surface area contributed by atoms with Gasteiger partial charge >= 0.3 is 0 Å². The highest BCUT2D eigenvalue weighted by Gasteiger charge is 2.20. The zero-order chi connectivity index (χ0) is 11.8. The van der Waals surface area contributed by atoms with Gasteiger partial charge < -0.3 is 10.6 Å². The third-order valence-electron chi connectivity index (χ3n) is 3.15. The summed E-state index contributed by atoms with van der Waals surface area (Å²) in [4.78, 5) is 2.27. The van der Waals surface area contributed by atoms with Crippen molar-refractivity contribution in [1.82, 2.24) is 0 Å². The zero-order valence-corrected chi connectivity index (χ0v) is 10.1. The van der Waals surface area contributed by atoms with Gasteiger partial charge in [-0.15, -0.1) is 0 Å². The summed E-state index contributed by atoms with van der Waals surface area (Å²) in [5.41, 5.74) is 10.2. The second-order valence-electron chi connectivity index (χ2n) is 4.34. The molecule has 1 aliphatic rings. The molecule has 2 aromatic carbocycles. The molecule has 0 amide bonds. The quantitative estimate of drug-likeness (QED) is 0.779. The first-order valence-corrected chi connectivity index (χ1v) is 5.98. The Balaban J connectivity index is 1.94. The molecule has 3 rings (SSSR count). The Kier molecular flexibility index (Phi) is 2.45. The summed E-state index contributed by atoms with van der Waals surface area (Å²) in [5, 5.41) is 0.720. The lowest BCUT2D eigenvalue weighted by Gasteiger charge is -2.19. The summed E-state index contributed by atoms with van der Waals surface area (Å²) in [5.74, 6) is 0. The Bertz CT molecular complexity index is 541. The van der Waals surface area contributed by atoms with E-state index in [1.165, 1.54) is 11.1 Å². The molecule has 0 aromatic heterocycles. The molecule has 0 aliphatic carbocycles. The van der Waals surface area contributed by atoms with Crippen LogP contribution in [0.5, 0.6) is 0 Å². The molecule has 17 heavy (non-hydrogen) atoms. The number of nitrogen functional groups attached to an aromatic ring is 1. The summed E-state index contributed by atoms with van der Waals surface area (Å²) < 4.78 is 0. The molecule has 1 heterocycles. The van der Waals surface area contributed by atoms with Gasteiger partial charge in [-0.1, -0.05) is 35.9 Å². The van der Waals surface area contributed by atoms with Gasteiger partial charge in [0.1, 0.15) is 0 Å². The van der Waals surface area contributed by atoms with Gasteiger partial charge in [0.15, 0.2) is 0 Å². The number of halogens is 1. The predicted molar refractivity (Wildman–Crippen MR) is 72.2 cm³/mol. The van der Waals surface area contributed by atoms with Gasteiger partial charge in [-0.25, -0.2) is 0 Å². The lowest BCUT2D eigenvalue weighted by Crippen LogP contribution is -2.14. The molecule has 0 bridgehead atoms. The maximum atomic E-state index is 6.23. The minimum absolute atomic E-state index is 0.704. The molecule has 2 N–H and O–H groups in total. The molecule has 0 saturated heterocycles. The van der Waals surface area contributed by atoms with Crippen molar-refractivity contribution in [2.45, 2.75) is 13.1 Å². The number of fused-ring (bicyclic) bond motifs is 1. The number of nitrogens with zero attached hydrogens (tertiary/aromatic N) is 1. The Morgan fingerprint density at radius 1 is 1.00 bits per heavy atom. The van der Waals surface area contributed by atoms with Crippen LogP contribution in [0.15, 0.2) is 42.5 Å². The van der Waals surface area contributed by atoms with Crippen LogP contribution in [0.4, 0.5) is 11.4 Å². The van der Waals surface area contributed by atoms with Crippen LogP contribution in [-0.2, 0) is 13.1 Å². The molecule has 1 aliphatic heterocycles. The maximum Gasteiger partial charge on any atom is 0.0660 e. The van der Waals surface area contributed by atoms with E-state index < -0.39 is 0 Å². The number of hydrogen-bond donors (Lipinski definition) is 1. The number of hydrogen-bond acceptors (Lipinski definition) is 2. The van der Waals surface area contributed by atoms with Crippen molar-refractivity contribution in [1.29, 1.82) is 0 Å². The van der Waals surface area contributed by atoms with Crippen LogP contribution in [0.25, 0.3) is 0 Å². The fourth-order valence-electron chi connectivity index (χ4n) is 2.28. The molecule has 0 unspecified atom stereocenters. The summed E-state index contributed by atoms with van der Waals surface area (Å²) in [7, 11) is 0. The third kappa shape index (κ3) is 1.85. The first-order chi connectivity index (χ1) is 8.24. The number of anilines is 2. The van der Waals surface area contributed by atoms with E-state index in [1.807, 2.05) is 12.1 Å². The van der Waals surface area contributed by atoms with Gasteiger partial charge in [0.2, 0.25) is 0 Å². The third-order valence-corrected chi connectivity index (χ3v) is 3.46. The van der Waals surface area contributed by atoms with E-state index >= 15 is 0 Å². The lowest BCUT2D eigenvalue weighted by atomic mass is 10.1. The summed E-state index contributed by atoms with van der Waals surface area (Å²) in [6.07, 6.45) is 0. The summed E-state index contributed by atoms with van der Waals surface area (Å²) in [6.45, 7) is 1.83. The first kappa shape index (κ1) is 10.5. The SMILES string of the molecule is Nc1ccc(N2Cc3ccccc3C2)c(Cl)c1. The molecule has 0 atom stereocenters. The van der Waals surface area contributed by atoms with E-state index in [0.717, 1.165) is 23.8 Å². The minimum Gasteiger partial charge on any atom is -0.399 e. The topological polar surface area (TPSA) is 29.3 Å². The first-order valence-electron chi connectivity index (χ1n) is 5.61. The molecule has 0 saturated carbocycles. The average molecular weight is 245 g/mol. The van der Waals surface area contributed by atoms with Crippen LogP contribution >= 0.6 is 11.6 Å². The highest BCUT2D eigenvalue weighted by Crippen LogP contribution is 2.33. The van der Waals surface area contributed by atoms with E-state index in [-0.39, 0.29) is 0 Å². The van der Waals surface area contributed by atoms with Crippen LogP contribution in [0.3, 0.4) is 0 Å². The van der Waals surface area contributed by atoms with Crippen molar-refractivity contribution in [3.05, 3.63) is 58.6 Å². The Morgan fingerprint density at radius 2 is 1.65 bits per heavy atom. The molecule has 2 nitrogen and oxygen atoms in total. The fourth-order valence-corrected chi connectivity index (χ4v) is 2.59. The fraction of sp³-hybridized carbons (Fsp3) is 0.143. The van der Waals surface area contributed by atoms with E-state index in [1.54, 1.807) is 6.07 Å². The summed E-state index contributed by atoms with van der Waals surface area (Å²) >= 11 is 6.23. The number of benzene rings is 2. The summed E-state index contributed by atoms with van der Waals surface area (Å²) in [6, 6.07) is 14.2. The molecule has 0 fully saturated rings. The van der Waals surface area contributed by atoms with Crippen LogP contribution < -0.4 is 10.6 Å². The average Bonchev–Trinajstić information content (AvgIpc) is 2.72. The molecule has 0 spiro atoms. The molecule has 2 aromatic rings. The minimum atomic E-state index is 0.704. The van der Waals surface area contributed by atoms with Crippen LogP contribution in [0.2, 0.25) is 5.02 Å². The molecule has 86 valence electrons. The Morgan fingerprint density at radius 3 is 2.24 bits per heavy atom. The van der Waals surface area contributed by atoms with Gasteiger partial charge in [-0.2, -0.15) is 0 Å². The monoisotopic (exact) mass is 244 g/mol. The molecule has 3 heteroatoms. The highest BCUT2D eigenvalue weighted by molar-refractivity contribution is 6.33. The second kappa shape index (κ2) is 3.97. The lowest BCUT2D eigenvalue weighted by molar-refractivity contribution is 0.881. The smallest absolute Gasteiger partial charge is 0.0660 e. The second-order valence-corrected chi connectivity index (χ2v) is 4.74. The predicted octanol–water partition coefficient (Wildman–Crippen LogP) is 3.44. The van der Waals surface area contributed by atoms with E-state index in [9.17, 15) is 0 Å². The normalized spacial score (nSPS) is 13.8. The van der Waals surface area contributed by atoms with Crippen molar-refractivity contribution >= 4 is 23.0 Å². The van der Waals surface area contributed by atoms with Crippen molar-refractivity contribution in [3.8, 4) is 0 Å². The van der Waals surface area contributed by atoms with E-state index in [2.05, 4.69) is 29.2 Å². The molecule has 0 radical (unpaired) electrons.